The highest BCUT2D eigenvalue weighted by atomic mass is 16.5. The van der Waals surface area contributed by atoms with E-state index in [9.17, 15) is 19.5 Å². The normalized spacial score (nSPS) is 13.5. The van der Waals surface area contributed by atoms with Gasteiger partial charge in [-0.2, -0.15) is 0 Å². The van der Waals surface area contributed by atoms with Crippen LogP contribution in [-0.4, -0.2) is 48.0 Å². The third kappa shape index (κ3) is 4.58. The molecule has 0 fully saturated rings. The minimum absolute atomic E-state index is 0.250. The molecular weight excluding hydrogens is 384 g/mol. The van der Waals surface area contributed by atoms with E-state index < -0.39 is 5.60 Å². The number of aliphatic hydroxyl groups is 1. The van der Waals surface area contributed by atoms with E-state index in [0.29, 0.717) is 30.7 Å². The minimum Gasteiger partial charge on any atom is -0.386 e. The predicted molar refractivity (Wildman–Crippen MR) is 111 cm³/mol. The molecule has 0 saturated carbocycles. The molecule has 30 heavy (non-hydrogen) atoms. The maximum absolute atomic E-state index is 12.6. The number of fused-ring (bicyclic) bond motifs is 1. The van der Waals surface area contributed by atoms with Gasteiger partial charge in [0.15, 0.2) is 0 Å². The Morgan fingerprint density at radius 3 is 2.37 bits per heavy atom. The summed E-state index contributed by atoms with van der Waals surface area (Å²) in [5, 5.41) is 12.8. The first kappa shape index (κ1) is 21.7. The molecule has 0 radical (unpaired) electrons. The van der Waals surface area contributed by atoms with Crippen LogP contribution in [0.4, 0.5) is 0 Å². The topological polar surface area (TPSA) is 95.9 Å². The molecule has 0 atom stereocenters. The largest absolute Gasteiger partial charge is 0.386 e. The highest BCUT2D eigenvalue weighted by Crippen LogP contribution is 2.24. The average molecular weight is 410 g/mol. The molecule has 2 N–H and O–H groups in total. The molecule has 1 aliphatic rings. The molecule has 0 spiro atoms. The summed E-state index contributed by atoms with van der Waals surface area (Å²) in [5.74, 6) is -1.06. The Morgan fingerprint density at radius 2 is 1.73 bits per heavy atom. The van der Waals surface area contributed by atoms with Crippen LogP contribution >= 0.6 is 0 Å². The Kier molecular flexibility index (Phi) is 6.34. The minimum atomic E-state index is -0.923. The van der Waals surface area contributed by atoms with E-state index in [-0.39, 0.29) is 29.8 Å². The number of carbonyl (C=O) groups excluding carboxylic acids is 3. The molecule has 1 heterocycles. The fourth-order valence-corrected chi connectivity index (χ4v) is 3.32. The van der Waals surface area contributed by atoms with Crippen LogP contribution in [0, 0.1) is 0 Å². The number of rotatable bonds is 8. The van der Waals surface area contributed by atoms with Gasteiger partial charge >= 0.3 is 0 Å². The van der Waals surface area contributed by atoms with Gasteiger partial charge in [0.2, 0.25) is 0 Å². The van der Waals surface area contributed by atoms with E-state index in [2.05, 4.69) is 5.32 Å². The Bertz CT molecular complexity index is 961. The molecule has 1 aliphatic heterocycles. The van der Waals surface area contributed by atoms with Crippen LogP contribution in [0.1, 0.15) is 62.5 Å². The van der Waals surface area contributed by atoms with Crippen LogP contribution in [0.5, 0.6) is 0 Å². The Balaban J connectivity index is 1.66. The zero-order valence-corrected chi connectivity index (χ0v) is 17.4. The van der Waals surface area contributed by atoms with Gasteiger partial charge in [0.05, 0.1) is 16.7 Å². The number of nitrogens with one attached hydrogen (secondary N) is 1. The fraction of sp³-hybridized carbons (Fsp3) is 0.348. The first-order valence-corrected chi connectivity index (χ1v) is 9.81. The third-order valence-corrected chi connectivity index (χ3v) is 5.08. The zero-order valence-electron chi connectivity index (χ0n) is 17.4. The molecule has 0 aliphatic carbocycles. The van der Waals surface area contributed by atoms with Crippen molar-refractivity contribution in [1.82, 2.24) is 10.2 Å². The summed E-state index contributed by atoms with van der Waals surface area (Å²) in [5.41, 5.74) is 1.63. The molecule has 3 amide bonds. The van der Waals surface area contributed by atoms with E-state index in [1.165, 1.54) is 17.0 Å². The highest BCUT2D eigenvalue weighted by Gasteiger charge is 2.35. The first-order chi connectivity index (χ1) is 14.2. The summed E-state index contributed by atoms with van der Waals surface area (Å²) in [4.78, 5) is 38.8. The Morgan fingerprint density at radius 1 is 1.07 bits per heavy atom. The van der Waals surface area contributed by atoms with Gasteiger partial charge in [-0.1, -0.05) is 24.3 Å². The molecule has 0 bridgehead atoms. The van der Waals surface area contributed by atoms with E-state index in [0.717, 1.165) is 11.1 Å². The molecule has 0 unspecified atom stereocenters. The number of nitrogens with zero attached hydrogens (tertiary/aromatic N) is 1. The van der Waals surface area contributed by atoms with Crippen molar-refractivity contribution in [2.45, 2.75) is 32.4 Å². The molecule has 7 nitrogen and oxygen atoms in total. The first-order valence-electron chi connectivity index (χ1n) is 9.81. The van der Waals surface area contributed by atoms with E-state index in [1.54, 1.807) is 27.0 Å². The van der Waals surface area contributed by atoms with Gasteiger partial charge < -0.3 is 15.2 Å². The van der Waals surface area contributed by atoms with Crippen molar-refractivity contribution in [3.05, 3.63) is 70.3 Å². The van der Waals surface area contributed by atoms with E-state index >= 15 is 0 Å². The number of benzene rings is 2. The molecule has 3 rings (SSSR count). The SMILES string of the molecule is COCCCN1C(=O)c2ccc(C(=O)NCc3ccc(C(C)(C)O)cc3)cc2C1=O. The zero-order chi connectivity index (χ0) is 21.9. The Labute approximate surface area is 175 Å². The van der Waals surface area contributed by atoms with Crippen LogP contribution in [0.3, 0.4) is 0 Å². The molecular formula is C23H26N2O5. The third-order valence-electron chi connectivity index (χ3n) is 5.08. The summed E-state index contributed by atoms with van der Waals surface area (Å²) < 4.78 is 4.97. The van der Waals surface area contributed by atoms with Gasteiger partial charge in [-0.25, -0.2) is 0 Å². The summed E-state index contributed by atoms with van der Waals surface area (Å²) in [6.07, 6.45) is 0.557. The van der Waals surface area contributed by atoms with Gasteiger partial charge in [-0.05, 0) is 49.6 Å². The molecule has 7 heteroatoms. The van der Waals surface area contributed by atoms with Crippen molar-refractivity contribution in [2.24, 2.45) is 0 Å². The highest BCUT2D eigenvalue weighted by molar-refractivity contribution is 6.22. The lowest BCUT2D eigenvalue weighted by Crippen LogP contribution is -2.31. The number of ether oxygens (including phenoxy) is 1. The number of hydrogen-bond acceptors (Lipinski definition) is 5. The standard InChI is InChI=1S/C23H26N2O5/c1-23(2,29)17-8-5-15(6-9-17)14-24-20(26)16-7-10-18-19(13-16)22(28)25(21(18)27)11-4-12-30-3/h5-10,13,29H,4,11-12,14H2,1-3H3,(H,24,26). The van der Waals surface area contributed by atoms with E-state index in [4.69, 9.17) is 4.74 Å². The predicted octanol–water partition coefficient (Wildman–Crippen LogP) is 2.48. The number of imide groups is 1. The van der Waals surface area contributed by atoms with Crippen LogP contribution < -0.4 is 5.32 Å². The summed E-state index contributed by atoms with van der Waals surface area (Å²) in [6, 6.07) is 11.9. The maximum atomic E-state index is 12.6. The van der Waals surface area contributed by atoms with Crippen molar-refractivity contribution < 1.29 is 24.2 Å². The van der Waals surface area contributed by atoms with Crippen molar-refractivity contribution in [1.29, 1.82) is 0 Å². The number of amides is 3. The molecule has 158 valence electrons. The monoisotopic (exact) mass is 410 g/mol. The molecule has 2 aromatic carbocycles. The lowest BCUT2D eigenvalue weighted by molar-refractivity contribution is 0.0638. The summed E-state index contributed by atoms with van der Waals surface area (Å²) >= 11 is 0. The summed E-state index contributed by atoms with van der Waals surface area (Å²) in [7, 11) is 1.56. The van der Waals surface area contributed by atoms with Gasteiger partial charge in [0.25, 0.3) is 17.7 Å². The molecule has 2 aromatic rings. The van der Waals surface area contributed by atoms with Crippen molar-refractivity contribution in [2.75, 3.05) is 20.3 Å². The Hall–Kier alpha value is -3.03. The number of hydrogen-bond donors (Lipinski definition) is 2. The number of methoxy groups -OCH3 is 1. The molecule has 0 saturated heterocycles. The van der Waals surface area contributed by atoms with Crippen LogP contribution in [0.15, 0.2) is 42.5 Å². The van der Waals surface area contributed by atoms with Crippen LogP contribution in [-0.2, 0) is 16.9 Å². The second-order valence-corrected chi connectivity index (χ2v) is 7.81. The average Bonchev–Trinajstić information content (AvgIpc) is 2.96. The quantitative estimate of drug-likeness (QED) is 0.515. The van der Waals surface area contributed by atoms with Crippen LogP contribution in [0.25, 0.3) is 0 Å². The second kappa shape index (κ2) is 8.77. The summed E-state index contributed by atoms with van der Waals surface area (Å²) in [6.45, 7) is 4.46. The van der Waals surface area contributed by atoms with Gasteiger partial charge in [0, 0.05) is 32.4 Å². The molecule has 0 aromatic heterocycles. The lowest BCUT2D eigenvalue weighted by atomic mass is 9.97. The van der Waals surface area contributed by atoms with Gasteiger partial charge in [-0.15, -0.1) is 0 Å². The van der Waals surface area contributed by atoms with E-state index in [1.807, 2.05) is 24.3 Å². The van der Waals surface area contributed by atoms with Crippen molar-refractivity contribution >= 4 is 17.7 Å². The fourth-order valence-electron chi connectivity index (χ4n) is 3.32. The maximum Gasteiger partial charge on any atom is 0.261 e. The smallest absolute Gasteiger partial charge is 0.261 e. The van der Waals surface area contributed by atoms with Gasteiger partial charge in [0.1, 0.15) is 0 Å². The number of carbonyl (C=O) groups is 3. The van der Waals surface area contributed by atoms with Crippen LogP contribution in [0.2, 0.25) is 0 Å². The lowest BCUT2D eigenvalue weighted by Gasteiger charge is -2.18. The second-order valence-electron chi connectivity index (χ2n) is 7.81. The van der Waals surface area contributed by atoms with Crippen molar-refractivity contribution in [3.63, 3.8) is 0 Å². The van der Waals surface area contributed by atoms with Crippen molar-refractivity contribution in [3.8, 4) is 0 Å². The van der Waals surface area contributed by atoms with Gasteiger partial charge in [-0.3, -0.25) is 19.3 Å².